The second kappa shape index (κ2) is 5.21. The first kappa shape index (κ1) is 13.9. The van der Waals surface area contributed by atoms with Gasteiger partial charge in [-0.15, -0.1) is 0 Å². The Labute approximate surface area is 116 Å². The number of hydrogen-bond donors (Lipinski definition) is 2. The molecule has 1 aliphatic rings. The van der Waals surface area contributed by atoms with E-state index < -0.39 is 17.3 Å². The van der Waals surface area contributed by atoms with Gasteiger partial charge < -0.3 is 10.4 Å². The molecule has 0 spiro atoms. The molecule has 0 radical (unpaired) electrons. The third kappa shape index (κ3) is 2.59. The molecule has 1 aromatic rings. The second-order valence-electron chi connectivity index (χ2n) is 4.99. The Bertz CT molecular complexity index is 511. The molecule has 5 heteroatoms. The molecular weight excluding hydrogens is 266 g/mol. The van der Waals surface area contributed by atoms with Gasteiger partial charge in [-0.1, -0.05) is 30.2 Å². The molecule has 19 heavy (non-hydrogen) atoms. The van der Waals surface area contributed by atoms with Crippen LogP contribution in [0.25, 0.3) is 0 Å². The first-order chi connectivity index (χ1) is 8.95. The van der Waals surface area contributed by atoms with Gasteiger partial charge in [-0.3, -0.25) is 9.59 Å². The highest BCUT2D eigenvalue weighted by Crippen LogP contribution is 2.41. The molecule has 1 atom stereocenters. The molecular formula is C14H16ClNO3. The SMILES string of the molecule is C[C@@H](NC(=O)C1(C(=O)O)CCC1)c1cccc(Cl)c1. The van der Waals surface area contributed by atoms with Crippen molar-refractivity contribution in [3.05, 3.63) is 34.9 Å². The number of carboxylic acids is 1. The monoisotopic (exact) mass is 281 g/mol. The Balaban J connectivity index is 2.09. The summed E-state index contributed by atoms with van der Waals surface area (Å²) in [6.45, 7) is 1.82. The van der Waals surface area contributed by atoms with Gasteiger partial charge in [-0.2, -0.15) is 0 Å². The van der Waals surface area contributed by atoms with Crippen molar-refractivity contribution in [3.8, 4) is 0 Å². The molecule has 1 aromatic carbocycles. The van der Waals surface area contributed by atoms with Crippen molar-refractivity contribution in [2.45, 2.75) is 32.2 Å². The van der Waals surface area contributed by atoms with Crippen LogP contribution >= 0.6 is 11.6 Å². The van der Waals surface area contributed by atoms with Crippen LogP contribution in [0, 0.1) is 5.41 Å². The smallest absolute Gasteiger partial charge is 0.319 e. The molecule has 2 rings (SSSR count). The molecule has 0 aliphatic heterocycles. The predicted octanol–water partition coefficient (Wildman–Crippen LogP) is 2.77. The molecule has 102 valence electrons. The van der Waals surface area contributed by atoms with Gasteiger partial charge in [-0.05, 0) is 37.5 Å². The minimum absolute atomic E-state index is 0.261. The summed E-state index contributed by atoms with van der Waals surface area (Å²) >= 11 is 5.90. The van der Waals surface area contributed by atoms with E-state index in [4.69, 9.17) is 11.6 Å². The minimum Gasteiger partial charge on any atom is -0.480 e. The van der Waals surface area contributed by atoms with Crippen molar-refractivity contribution >= 4 is 23.5 Å². The fourth-order valence-corrected chi connectivity index (χ4v) is 2.46. The van der Waals surface area contributed by atoms with Crippen LogP contribution in [0.3, 0.4) is 0 Å². The lowest BCUT2D eigenvalue weighted by molar-refractivity contribution is -0.162. The van der Waals surface area contributed by atoms with E-state index in [9.17, 15) is 14.7 Å². The van der Waals surface area contributed by atoms with Crippen molar-refractivity contribution in [1.82, 2.24) is 5.32 Å². The number of carbonyl (C=O) groups is 2. The Hall–Kier alpha value is -1.55. The zero-order valence-corrected chi connectivity index (χ0v) is 11.4. The highest BCUT2D eigenvalue weighted by atomic mass is 35.5. The summed E-state index contributed by atoms with van der Waals surface area (Å²) in [6.07, 6.45) is 1.61. The number of rotatable bonds is 4. The van der Waals surface area contributed by atoms with Crippen LogP contribution in [0.2, 0.25) is 5.02 Å². The minimum atomic E-state index is -1.23. The lowest BCUT2D eigenvalue weighted by atomic mass is 9.68. The number of amides is 1. The maximum absolute atomic E-state index is 12.1. The molecule has 0 saturated heterocycles. The number of benzene rings is 1. The van der Waals surface area contributed by atoms with Crippen LogP contribution in [0.5, 0.6) is 0 Å². The molecule has 0 heterocycles. The lowest BCUT2D eigenvalue weighted by Crippen LogP contribution is -2.51. The molecule has 1 saturated carbocycles. The van der Waals surface area contributed by atoms with E-state index in [1.54, 1.807) is 18.2 Å². The average Bonchev–Trinajstić information content (AvgIpc) is 2.26. The molecule has 0 unspecified atom stereocenters. The van der Waals surface area contributed by atoms with E-state index in [0.29, 0.717) is 17.9 Å². The second-order valence-corrected chi connectivity index (χ2v) is 5.43. The van der Waals surface area contributed by atoms with Crippen LogP contribution < -0.4 is 5.32 Å². The molecule has 0 aromatic heterocycles. The van der Waals surface area contributed by atoms with Gasteiger partial charge in [0.15, 0.2) is 0 Å². The number of halogens is 1. The van der Waals surface area contributed by atoms with Crippen LogP contribution in [-0.4, -0.2) is 17.0 Å². The zero-order chi connectivity index (χ0) is 14.0. The highest BCUT2D eigenvalue weighted by molar-refractivity contribution is 6.30. The van der Waals surface area contributed by atoms with Gasteiger partial charge in [0.1, 0.15) is 5.41 Å². The van der Waals surface area contributed by atoms with Crippen LogP contribution in [0.1, 0.15) is 37.8 Å². The van der Waals surface area contributed by atoms with Crippen LogP contribution in [-0.2, 0) is 9.59 Å². The summed E-state index contributed by atoms with van der Waals surface area (Å²) in [4.78, 5) is 23.4. The molecule has 2 N–H and O–H groups in total. The fraction of sp³-hybridized carbons (Fsp3) is 0.429. The summed E-state index contributed by atoms with van der Waals surface area (Å²) in [5.74, 6) is -1.44. The topological polar surface area (TPSA) is 66.4 Å². The van der Waals surface area contributed by atoms with Gasteiger partial charge in [-0.25, -0.2) is 0 Å². The Kier molecular flexibility index (Phi) is 3.80. The quantitative estimate of drug-likeness (QED) is 0.834. The van der Waals surface area contributed by atoms with Gasteiger partial charge in [0.2, 0.25) is 5.91 Å². The highest BCUT2D eigenvalue weighted by Gasteiger charge is 2.51. The van der Waals surface area contributed by atoms with Crippen molar-refractivity contribution in [2.24, 2.45) is 5.41 Å². The number of carboxylic acid groups (broad SMARTS) is 1. The summed E-state index contributed by atoms with van der Waals surface area (Å²) in [5.41, 5.74) is -0.368. The van der Waals surface area contributed by atoms with E-state index in [1.807, 2.05) is 13.0 Å². The van der Waals surface area contributed by atoms with Crippen molar-refractivity contribution < 1.29 is 14.7 Å². The number of carbonyl (C=O) groups excluding carboxylic acids is 1. The first-order valence-corrected chi connectivity index (χ1v) is 6.63. The molecule has 1 amide bonds. The van der Waals surface area contributed by atoms with E-state index in [1.165, 1.54) is 0 Å². The number of aliphatic carboxylic acids is 1. The molecule has 4 nitrogen and oxygen atoms in total. The zero-order valence-electron chi connectivity index (χ0n) is 10.6. The van der Waals surface area contributed by atoms with Gasteiger partial charge in [0.25, 0.3) is 0 Å². The lowest BCUT2D eigenvalue weighted by Gasteiger charge is -2.36. The molecule has 1 fully saturated rings. The largest absolute Gasteiger partial charge is 0.480 e. The standard InChI is InChI=1S/C14H16ClNO3/c1-9(10-4-2-5-11(15)8-10)16-12(17)14(13(18)19)6-3-7-14/h2,4-5,8-9H,3,6-7H2,1H3,(H,16,17)(H,18,19)/t9-/m1/s1. The Morgan fingerprint density at radius 2 is 2.11 bits per heavy atom. The van der Waals surface area contributed by atoms with E-state index in [2.05, 4.69) is 5.32 Å². The van der Waals surface area contributed by atoms with Gasteiger partial charge in [0, 0.05) is 5.02 Å². The van der Waals surface area contributed by atoms with E-state index in [0.717, 1.165) is 12.0 Å². The number of nitrogens with one attached hydrogen (secondary N) is 1. The fourth-order valence-electron chi connectivity index (χ4n) is 2.26. The Morgan fingerprint density at radius 3 is 2.58 bits per heavy atom. The van der Waals surface area contributed by atoms with Crippen LogP contribution in [0.15, 0.2) is 24.3 Å². The van der Waals surface area contributed by atoms with Crippen LogP contribution in [0.4, 0.5) is 0 Å². The summed E-state index contributed by atoms with van der Waals surface area (Å²) < 4.78 is 0. The number of hydrogen-bond acceptors (Lipinski definition) is 2. The van der Waals surface area contributed by atoms with E-state index in [-0.39, 0.29) is 6.04 Å². The third-order valence-corrected chi connectivity index (χ3v) is 3.98. The van der Waals surface area contributed by atoms with E-state index >= 15 is 0 Å². The average molecular weight is 282 g/mol. The summed E-state index contributed by atoms with van der Waals surface area (Å²) in [5, 5.41) is 12.6. The van der Waals surface area contributed by atoms with Gasteiger partial charge in [0.05, 0.1) is 6.04 Å². The molecule has 0 bridgehead atoms. The van der Waals surface area contributed by atoms with Crippen molar-refractivity contribution in [2.75, 3.05) is 0 Å². The van der Waals surface area contributed by atoms with Crippen molar-refractivity contribution in [1.29, 1.82) is 0 Å². The summed E-state index contributed by atoms with van der Waals surface area (Å²) in [6, 6.07) is 6.91. The third-order valence-electron chi connectivity index (χ3n) is 3.75. The van der Waals surface area contributed by atoms with Crippen molar-refractivity contribution in [3.63, 3.8) is 0 Å². The Morgan fingerprint density at radius 1 is 1.42 bits per heavy atom. The summed E-state index contributed by atoms with van der Waals surface area (Å²) in [7, 11) is 0. The van der Waals surface area contributed by atoms with Gasteiger partial charge >= 0.3 is 5.97 Å². The predicted molar refractivity (Wildman–Crippen MR) is 71.9 cm³/mol. The normalized spacial score (nSPS) is 18.2. The maximum atomic E-state index is 12.1. The first-order valence-electron chi connectivity index (χ1n) is 6.25. The maximum Gasteiger partial charge on any atom is 0.319 e. The molecule has 1 aliphatic carbocycles.